The first-order chi connectivity index (χ1) is 15.3. The molecule has 8 nitrogen and oxygen atoms in total. The van der Waals surface area contributed by atoms with E-state index in [-0.39, 0.29) is 11.1 Å². The van der Waals surface area contributed by atoms with Crippen molar-refractivity contribution in [2.24, 2.45) is 0 Å². The molecule has 182 valence electrons. The van der Waals surface area contributed by atoms with Crippen molar-refractivity contribution in [2.75, 3.05) is 13.2 Å². The van der Waals surface area contributed by atoms with Crippen LogP contribution >= 0.6 is 0 Å². The Balaban J connectivity index is 2.64. The van der Waals surface area contributed by atoms with Crippen LogP contribution in [0.2, 0.25) is 0 Å². The molecule has 0 aromatic heterocycles. The van der Waals surface area contributed by atoms with Crippen LogP contribution in [-0.2, 0) is 28.4 Å². The standard InChI is InChI=1S/C24H38O8/c1-7-9-15-27-17(3)29-19(5)31-23(25)21-13-11-12-14-22(21)24(26)32-20(6)30-18(4)28-16-10-8-2/h11-14,17-20H,7-10,15-16H2,1-6H3. The van der Waals surface area contributed by atoms with Gasteiger partial charge in [-0.3, -0.25) is 0 Å². The number of hydrogen-bond donors (Lipinski definition) is 0. The fourth-order valence-electron chi connectivity index (χ4n) is 2.73. The van der Waals surface area contributed by atoms with E-state index in [1.165, 1.54) is 12.1 Å². The van der Waals surface area contributed by atoms with Crippen molar-refractivity contribution in [3.05, 3.63) is 35.4 Å². The normalized spacial score (nSPS) is 14.9. The molecule has 0 bridgehead atoms. The number of benzene rings is 1. The van der Waals surface area contributed by atoms with Gasteiger partial charge in [0.05, 0.1) is 11.1 Å². The average molecular weight is 455 g/mol. The highest BCUT2D eigenvalue weighted by atomic mass is 16.8. The molecule has 0 fully saturated rings. The molecule has 0 amide bonds. The van der Waals surface area contributed by atoms with Gasteiger partial charge in [0.2, 0.25) is 12.6 Å². The Labute approximate surface area is 191 Å². The number of unbranched alkanes of at least 4 members (excludes halogenated alkanes) is 2. The van der Waals surface area contributed by atoms with Gasteiger partial charge in [0, 0.05) is 13.2 Å². The topological polar surface area (TPSA) is 89.5 Å². The Morgan fingerprint density at radius 2 is 1.06 bits per heavy atom. The van der Waals surface area contributed by atoms with E-state index >= 15 is 0 Å². The minimum atomic E-state index is -0.855. The van der Waals surface area contributed by atoms with Gasteiger partial charge < -0.3 is 28.4 Å². The SMILES string of the molecule is CCCCOC(C)OC(C)OC(=O)c1ccccc1C(=O)OC(C)OC(C)OCCCC. The predicted molar refractivity (Wildman–Crippen MR) is 119 cm³/mol. The van der Waals surface area contributed by atoms with E-state index in [9.17, 15) is 9.59 Å². The molecule has 0 heterocycles. The second kappa shape index (κ2) is 15.7. The zero-order chi connectivity index (χ0) is 23.9. The maximum Gasteiger partial charge on any atom is 0.341 e. The van der Waals surface area contributed by atoms with Gasteiger partial charge in [-0.2, -0.15) is 0 Å². The number of carbonyl (C=O) groups excluding carboxylic acids is 2. The second-order valence-corrected chi connectivity index (χ2v) is 7.35. The zero-order valence-corrected chi connectivity index (χ0v) is 20.1. The summed E-state index contributed by atoms with van der Waals surface area (Å²) in [4.78, 5) is 25.3. The molecule has 0 saturated heterocycles. The van der Waals surface area contributed by atoms with Gasteiger partial charge in [0.1, 0.15) is 0 Å². The summed E-state index contributed by atoms with van der Waals surface area (Å²) >= 11 is 0. The van der Waals surface area contributed by atoms with Crippen LogP contribution in [0.15, 0.2) is 24.3 Å². The Bertz CT molecular complexity index is 621. The molecule has 0 saturated carbocycles. The van der Waals surface area contributed by atoms with Gasteiger partial charge in [0.15, 0.2) is 12.6 Å². The highest BCUT2D eigenvalue weighted by Gasteiger charge is 2.23. The molecule has 0 aliphatic rings. The molecule has 0 N–H and O–H groups in total. The summed E-state index contributed by atoms with van der Waals surface area (Å²) in [5, 5.41) is 0. The molecule has 4 unspecified atom stereocenters. The largest absolute Gasteiger partial charge is 0.432 e. The van der Waals surface area contributed by atoms with E-state index in [2.05, 4.69) is 13.8 Å². The lowest BCUT2D eigenvalue weighted by atomic mass is 10.1. The molecule has 0 radical (unpaired) electrons. The lowest BCUT2D eigenvalue weighted by molar-refractivity contribution is -0.214. The summed E-state index contributed by atoms with van der Waals surface area (Å²) in [7, 11) is 0. The number of rotatable bonds is 16. The van der Waals surface area contributed by atoms with Gasteiger partial charge in [-0.05, 0) is 52.7 Å². The molecule has 0 aliphatic carbocycles. The quantitative estimate of drug-likeness (QED) is 0.195. The van der Waals surface area contributed by atoms with Gasteiger partial charge in [-0.25, -0.2) is 9.59 Å². The average Bonchev–Trinajstić information content (AvgIpc) is 2.73. The lowest BCUT2D eigenvalue weighted by Crippen LogP contribution is -2.27. The van der Waals surface area contributed by atoms with Crippen molar-refractivity contribution in [1.82, 2.24) is 0 Å². The smallest absolute Gasteiger partial charge is 0.341 e. The van der Waals surface area contributed by atoms with E-state index in [0.29, 0.717) is 13.2 Å². The molecule has 1 aromatic carbocycles. The molecule has 8 heteroatoms. The summed E-state index contributed by atoms with van der Waals surface area (Å²) in [5.74, 6) is -1.40. The third-order valence-corrected chi connectivity index (χ3v) is 4.38. The summed E-state index contributed by atoms with van der Waals surface area (Å²) in [5.41, 5.74) is 0.152. The number of ether oxygens (including phenoxy) is 6. The zero-order valence-electron chi connectivity index (χ0n) is 20.1. The fraction of sp³-hybridized carbons (Fsp3) is 0.667. The molecule has 4 atom stereocenters. The molecule has 0 spiro atoms. The maximum atomic E-state index is 12.6. The monoisotopic (exact) mass is 454 g/mol. The van der Waals surface area contributed by atoms with Crippen LogP contribution in [0.1, 0.15) is 87.9 Å². The van der Waals surface area contributed by atoms with Crippen molar-refractivity contribution in [2.45, 2.75) is 92.4 Å². The van der Waals surface area contributed by atoms with Crippen molar-refractivity contribution in [1.29, 1.82) is 0 Å². The Morgan fingerprint density at radius 1 is 0.688 bits per heavy atom. The van der Waals surface area contributed by atoms with Crippen LogP contribution in [0.3, 0.4) is 0 Å². The molecular weight excluding hydrogens is 416 g/mol. The number of carbonyl (C=O) groups is 2. The molecule has 32 heavy (non-hydrogen) atoms. The minimum absolute atomic E-state index is 0.0759. The van der Waals surface area contributed by atoms with Crippen LogP contribution < -0.4 is 0 Å². The summed E-state index contributed by atoms with van der Waals surface area (Å²) in [6.45, 7) is 11.9. The van der Waals surface area contributed by atoms with Crippen LogP contribution in [0.5, 0.6) is 0 Å². The summed E-state index contributed by atoms with van der Waals surface area (Å²) in [6, 6.07) is 6.27. The van der Waals surface area contributed by atoms with E-state index in [1.807, 2.05) is 0 Å². The third kappa shape index (κ3) is 11.0. The fourth-order valence-corrected chi connectivity index (χ4v) is 2.73. The first-order valence-electron chi connectivity index (χ1n) is 11.3. The van der Waals surface area contributed by atoms with Crippen LogP contribution in [0.4, 0.5) is 0 Å². The minimum Gasteiger partial charge on any atom is -0.432 e. The highest BCUT2D eigenvalue weighted by Crippen LogP contribution is 2.16. The summed E-state index contributed by atoms with van der Waals surface area (Å²) in [6.07, 6.45) is 1.11. The van der Waals surface area contributed by atoms with Crippen molar-refractivity contribution in [3.8, 4) is 0 Å². The van der Waals surface area contributed by atoms with E-state index in [4.69, 9.17) is 28.4 Å². The van der Waals surface area contributed by atoms with Gasteiger partial charge in [0.25, 0.3) is 0 Å². The lowest BCUT2D eigenvalue weighted by Gasteiger charge is -2.21. The van der Waals surface area contributed by atoms with Crippen LogP contribution in [-0.4, -0.2) is 50.3 Å². The van der Waals surface area contributed by atoms with Gasteiger partial charge >= 0.3 is 11.9 Å². The second-order valence-electron chi connectivity index (χ2n) is 7.35. The Kier molecular flexibility index (Phi) is 13.8. The Morgan fingerprint density at radius 3 is 1.41 bits per heavy atom. The first-order valence-corrected chi connectivity index (χ1v) is 11.3. The van der Waals surface area contributed by atoms with Crippen molar-refractivity contribution >= 4 is 11.9 Å². The highest BCUT2D eigenvalue weighted by molar-refractivity contribution is 6.03. The predicted octanol–water partition coefficient (Wildman–Crippen LogP) is 5.05. The van der Waals surface area contributed by atoms with Crippen LogP contribution in [0.25, 0.3) is 0 Å². The van der Waals surface area contributed by atoms with E-state index in [1.54, 1.807) is 39.8 Å². The molecular formula is C24H38O8. The van der Waals surface area contributed by atoms with Gasteiger partial charge in [-0.15, -0.1) is 0 Å². The Hall–Kier alpha value is -2.00. The summed E-state index contributed by atoms with van der Waals surface area (Å²) < 4.78 is 32.7. The molecule has 0 aliphatic heterocycles. The third-order valence-electron chi connectivity index (χ3n) is 4.38. The van der Waals surface area contributed by atoms with Crippen molar-refractivity contribution in [3.63, 3.8) is 0 Å². The first kappa shape index (κ1) is 28.0. The molecule has 1 aromatic rings. The molecule has 1 rings (SSSR count). The van der Waals surface area contributed by atoms with Gasteiger partial charge in [-0.1, -0.05) is 38.8 Å². The van der Waals surface area contributed by atoms with Crippen molar-refractivity contribution < 1.29 is 38.0 Å². The maximum absolute atomic E-state index is 12.6. The van der Waals surface area contributed by atoms with E-state index in [0.717, 1.165) is 25.7 Å². The number of esters is 2. The number of hydrogen-bond acceptors (Lipinski definition) is 8. The van der Waals surface area contributed by atoms with Crippen LogP contribution in [0, 0.1) is 0 Å². The van der Waals surface area contributed by atoms with E-state index < -0.39 is 37.1 Å².